The van der Waals surface area contributed by atoms with Gasteiger partial charge in [-0.25, -0.2) is 12.7 Å². The quantitative estimate of drug-likeness (QED) is 0.193. The molecule has 13 heteroatoms. The van der Waals surface area contributed by atoms with Gasteiger partial charge in [0.05, 0.1) is 43.2 Å². The Kier molecular flexibility index (Phi) is 12.6. The summed E-state index contributed by atoms with van der Waals surface area (Å²) in [7, 11) is -1.99. The van der Waals surface area contributed by atoms with Crippen molar-refractivity contribution in [3.8, 4) is 5.75 Å². The number of hydrogen-bond donors (Lipinski definition) is 4. The number of ether oxygens (including phenoxy) is 1. The maximum Gasteiger partial charge on any atom is 0.227 e. The van der Waals surface area contributed by atoms with Crippen LogP contribution in [0.5, 0.6) is 5.75 Å². The number of carbonyl (C=O) groups excluding carboxylic acids is 3. The van der Waals surface area contributed by atoms with Crippen LogP contribution >= 0.6 is 0 Å². The number of nitrogens with zero attached hydrogens (tertiary/aromatic N) is 2. The largest absolute Gasteiger partial charge is 0.488 e. The van der Waals surface area contributed by atoms with Crippen LogP contribution in [0.4, 0.5) is 17.1 Å². The number of aliphatic hydroxyl groups is 1. The summed E-state index contributed by atoms with van der Waals surface area (Å²) in [6.07, 6.45) is 3.04. The third-order valence-electron chi connectivity index (χ3n) is 7.75. The number of sulfonamides is 1. The molecule has 242 valence electrons. The number of likely N-dealkylation sites (N-methyl/N-ethyl adjacent to an activating group) is 1. The Morgan fingerprint density at radius 2 is 1.77 bits per heavy atom. The minimum absolute atomic E-state index is 0.0125. The molecule has 0 fully saturated rings. The molecule has 0 unspecified atom stereocenters. The lowest BCUT2D eigenvalue weighted by Gasteiger charge is -2.33. The molecule has 1 aliphatic rings. The van der Waals surface area contributed by atoms with Crippen LogP contribution in [0.15, 0.2) is 42.5 Å². The Morgan fingerprint density at radius 3 is 2.41 bits per heavy atom. The number of aliphatic hydroxyl groups excluding tert-OH is 1. The third-order valence-corrected chi connectivity index (χ3v) is 9.03. The number of para-hydroxylation sites is 2. The Balaban J connectivity index is 1.62. The summed E-state index contributed by atoms with van der Waals surface area (Å²) in [6, 6.07) is 11.7. The van der Waals surface area contributed by atoms with Crippen LogP contribution in [-0.4, -0.2) is 85.6 Å². The fourth-order valence-corrected chi connectivity index (χ4v) is 5.33. The zero-order valence-corrected chi connectivity index (χ0v) is 26.7. The van der Waals surface area contributed by atoms with E-state index in [0.717, 1.165) is 6.26 Å². The highest BCUT2D eigenvalue weighted by Crippen LogP contribution is 2.29. The van der Waals surface area contributed by atoms with Gasteiger partial charge in [-0.15, -0.1) is 0 Å². The van der Waals surface area contributed by atoms with Crippen molar-refractivity contribution in [3.63, 3.8) is 0 Å². The van der Waals surface area contributed by atoms with Gasteiger partial charge < -0.3 is 31.1 Å². The van der Waals surface area contributed by atoms with E-state index in [4.69, 9.17) is 10.5 Å². The number of anilines is 3. The van der Waals surface area contributed by atoms with Crippen molar-refractivity contribution in [2.75, 3.05) is 49.4 Å². The monoisotopic (exact) mass is 631 g/mol. The highest BCUT2D eigenvalue weighted by Gasteiger charge is 2.32. The van der Waals surface area contributed by atoms with Gasteiger partial charge in [0.15, 0.2) is 0 Å². The number of unbranched alkanes of at least 4 members (excludes halogenated alkanes) is 2. The van der Waals surface area contributed by atoms with Gasteiger partial charge in [0.2, 0.25) is 27.7 Å². The number of hydrogen-bond acceptors (Lipinski definition) is 8. The van der Waals surface area contributed by atoms with Crippen molar-refractivity contribution in [1.82, 2.24) is 9.21 Å². The molecule has 0 aromatic heterocycles. The maximum absolute atomic E-state index is 13.4. The molecule has 0 aliphatic carbocycles. The van der Waals surface area contributed by atoms with E-state index in [9.17, 15) is 27.9 Å². The lowest BCUT2D eigenvalue weighted by Crippen LogP contribution is -2.48. The summed E-state index contributed by atoms with van der Waals surface area (Å²) in [6.45, 7) is 3.78. The smallest absolute Gasteiger partial charge is 0.227 e. The van der Waals surface area contributed by atoms with E-state index in [-0.39, 0.29) is 56.2 Å². The fourth-order valence-electron chi connectivity index (χ4n) is 4.91. The second kappa shape index (κ2) is 15.9. The van der Waals surface area contributed by atoms with E-state index in [0.29, 0.717) is 54.1 Å². The van der Waals surface area contributed by atoms with Crippen LogP contribution in [-0.2, 0) is 30.8 Å². The van der Waals surface area contributed by atoms with Crippen molar-refractivity contribution < 1.29 is 32.6 Å². The van der Waals surface area contributed by atoms with Crippen molar-refractivity contribution >= 4 is 44.8 Å². The van der Waals surface area contributed by atoms with E-state index in [1.165, 1.54) is 11.4 Å². The van der Waals surface area contributed by atoms with Crippen molar-refractivity contribution in [1.29, 1.82) is 0 Å². The van der Waals surface area contributed by atoms with Gasteiger partial charge in [0, 0.05) is 43.6 Å². The van der Waals surface area contributed by atoms with E-state index >= 15 is 0 Å². The minimum Gasteiger partial charge on any atom is -0.488 e. The molecule has 3 amide bonds. The van der Waals surface area contributed by atoms with E-state index < -0.39 is 22.2 Å². The Bertz CT molecular complexity index is 1420. The van der Waals surface area contributed by atoms with E-state index in [2.05, 4.69) is 10.6 Å². The summed E-state index contributed by atoms with van der Waals surface area (Å²) in [5.41, 5.74) is 8.00. The molecule has 5 N–H and O–H groups in total. The summed E-state index contributed by atoms with van der Waals surface area (Å²) in [5, 5.41) is 15.5. The fraction of sp³-hybridized carbons (Fsp3) is 0.516. The van der Waals surface area contributed by atoms with Gasteiger partial charge in [-0.3, -0.25) is 14.4 Å². The van der Waals surface area contributed by atoms with E-state index in [1.54, 1.807) is 54.3 Å². The number of nitrogens with two attached hydrogens (primary N) is 1. The standard InChI is InChI=1S/C31H45N5O7S/c1-21-18-36(22(2)20-37)31(40)17-23-16-24(14-15-27(23)43-28(21)19-35(3)44(4,41)42)33-29(38)12-6-5-7-13-30(39)34-26-11-9-8-10-25(26)32/h8-11,14-16,21-22,28,37H,5-7,12-13,17-20,32H2,1-4H3,(H,33,38)(H,34,39)/t21-,22-,28+/m0/s1. The second-order valence-corrected chi connectivity index (χ2v) is 13.6. The molecular weight excluding hydrogens is 586 g/mol. The average Bonchev–Trinajstić information content (AvgIpc) is 3.00. The molecule has 44 heavy (non-hydrogen) atoms. The molecule has 0 bridgehead atoms. The number of benzene rings is 2. The minimum atomic E-state index is -3.47. The maximum atomic E-state index is 13.4. The molecule has 12 nitrogen and oxygen atoms in total. The molecule has 0 radical (unpaired) electrons. The number of fused-ring (bicyclic) bond motifs is 1. The van der Waals surface area contributed by atoms with Crippen molar-refractivity contribution in [2.24, 2.45) is 5.92 Å². The topological polar surface area (TPSA) is 171 Å². The molecule has 3 rings (SSSR count). The van der Waals surface area contributed by atoms with Gasteiger partial charge in [-0.1, -0.05) is 25.5 Å². The first-order valence-corrected chi connectivity index (χ1v) is 16.7. The van der Waals surface area contributed by atoms with Crippen LogP contribution in [0.3, 0.4) is 0 Å². The van der Waals surface area contributed by atoms with Crippen LogP contribution in [0.25, 0.3) is 0 Å². The zero-order valence-electron chi connectivity index (χ0n) is 25.9. The molecule has 3 atom stereocenters. The molecule has 1 heterocycles. The van der Waals surface area contributed by atoms with Crippen LogP contribution in [0, 0.1) is 5.92 Å². The molecule has 0 saturated heterocycles. The number of nitrogen functional groups attached to an aromatic ring is 1. The molecule has 1 aliphatic heterocycles. The van der Waals surface area contributed by atoms with Crippen LogP contribution < -0.4 is 21.1 Å². The van der Waals surface area contributed by atoms with Gasteiger partial charge >= 0.3 is 0 Å². The highest BCUT2D eigenvalue weighted by molar-refractivity contribution is 7.88. The summed E-state index contributed by atoms with van der Waals surface area (Å²) in [4.78, 5) is 39.8. The third kappa shape index (κ3) is 10.2. The van der Waals surface area contributed by atoms with Crippen LogP contribution in [0.2, 0.25) is 0 Å². The SMILES string of the molecule is C[C@H]1CN([C@@H](C)CO)C(=O)Cc2cc(NC(=O)CCCCCC(=O)Nc3ccccc3N)ccc2O[C@@H]1CN(C)S(C)(=O)=O. The number of rotatable bonds is 13. The highest BCUT2D eigenvalue weighted by atomic mass is 32.2. The zero-order chi connectivity index (χ0) is 32.4. The van der Waals surface area contributed by atoms with Crippen molar-refractivity contribution in [2.45, 2.75) is 64.5 Å². The average molecular weight is 632 g/mol. The first kappa shape index (κ1) is 34.8. The lowest BCUT2D eigenvalue weighted by atomic mass is 10.0. The van der Waals surface area contributed by atoms with Crippen molar-refractivity contribution in [3.05, 3.63) is 48.0 Å². The molecule has 2 aromatic rings. The first-order chi connectivity index (χ1) is 20.8. The number of amides is 3. The lowest BCUT2D eigenvalue weighted by molar-refractivity contribution is -0.134. The Hall–Kier alpha value is -3.68. The van der Waals surface area contributed by atoms with E-state index in [1.807, 2.05) is 6.92 Å². The van der Waals surface area contributed by atoms with Gasteiger partial charge in [0.25, 0.3) is 0 Å². The Morgan fingerprint density at radius 1 is 1.11 bits per heavy atom. The predicted molar refractivity (Wildman–Crippen MR) is 171 cm³/mol. The number of nitrogens with one attached hydrogen (secondary N) is 2. The first-order valence-electron chi connectivity index (χ1n) is 14.8. The molecule has 0 spiro atoms. The second-order valence-electron chi connectivity index (χ2n) is 11.5. The van der Waals surface area contributed by atoms with Gasteiger partial charge in [-0.2, -0.15) is 0 Å². The van der Waals surface area contributed by atoms with Gasteiger partial charge in [0.1, 0.15) is 11.9 Å². The van der Waals surface area contributed by atoms with Gasteiger partial charge in [-0.05, 0) is 50.1 Å². The molecule has 0 saturated carbocycles. The molecule has 2 aromatic carbocycles. The summed E-state index contributed by atoms with van der Waals surface area (Å²) in [5.74, 6) is -0.345. The number of carbonyl (C=O) groups is 3. The Labute approximate surface area is 260 Å². The summed E-state index contributed by atoms with van der Waals surface area (Å²) < 4.78 is 31.8. The molecular formula is C31H45N5O7S. The summed E-state index contributed by atoms with van der Waals surface area (Å²) >= 11 is 0. The normalized spacial score (nSPS) is 18.0. The van der Waals surface area contributed by atoms with Crippen LogP contribution in [0.1, 0.15) is 51.5 Å². The predicted octanol–water partition coefficient (Wildman–Crippen LogP) is 2.84.